The van der Waals surface area contributed by atoms with Crippen molar-refractivity contribution in [3.63, 3.8) is 0 Å². The van der Waals surface area contributed by atoms with Crippen molar-refractivity contribution >= 4 is 56.8 Å². The summed E-state index contributed by atoms with van der Waals surface area (Å²) in [5.41, 5.74) is 0.203. The number of amides is 2. The van der Waals surface area contributed by atoms with Gasteiger partial charge in [-0.25, -0.2) is 8.78 Å². The molecule has 174 valence electrons. The standard InChI is InChI=1S/C21H19BrClF2N5O2S/c1-3-30-19(11(2)26-20(32)13-6-4-5-7-15(13)23)28-29-21(30)33-10-17(31)27-18-14(22)8-12(24)9-16(18)25/h4-9,11H,3,10H2,1-2H3,(H,26,32)(H,27,31)/t11-/m1/s1. The Morgan fingerprint density at radius 2 is 1.97 bits per heavy atom. The third-order valence-corrected chi connectivity index (χ3v) is 6.44. The fourth-order valence-electron chi connectivity index (χ4n) is 2.98. The lowest BCUT2D eigenvalue weighted by Gasteiger charge is -2.15. The van der Waals surface area contributed by atoms with Crippen LogP contribution in [0.3, 0.4) is 0 Å². The zero-order valence-corrected chi connectivity index (χ0v) is 20.7. The van der Waals surface area contributed by atoms with Crippen LogP contribution in [0.25, 0.3) is 0 Å². The van der Waals surface area contributed by atoms with Gasteiger partial charge >= 0.3 is 0 Å². The van der Waals surface area contributed by atoms with Crippen molar-refractivity contribution < 1.29 is 18.4 Å². The van der Waals surface area contributed by atoms with Gasteiger partial charge in [-0.3, -0.25) is 9.59 Å². The second kappa shape index (κ2) is 11.1. The Labute approximate surface area is 206 Å². The van der Waals surface area contributed by atoms with E-state index in [4.69, 9.17) is 11.6 Å². The number of carbonyl (C=O) groups is 2. The second-order valence-corrected chi connectivity index (χ2v) is 9.05. The van der Waals surface area contributed by atoms with E-state index in [1.54, 1.807) is 35.8 Å². The predicted octanol–water partition coefficient (Wildman–Crippen LogP) is 5.21. The van der Waals surface area contributed by atoms with Crippen molar-refractivity contribution in [2.75, 3.05) is 11.1 Å². The third-order valence-electron chi connectivity index (χ3n) is 4.52. The monoisotopic (exact) mass is 557 g/mol. The summed E-state index contributed by atoms with van der Waals surface area (Å²) >= 11 is 10.2. The third kappa shape index (κ3) is 6.10. The summed E-state index contributed by atoms with van der Waals surface area (Å²) < 4.78 is 29.0. The molecule has 2 aromatic carbocycles. The number of carbonyl (C=O) groups excluding carboxylic acids is 2. The Kier molecular flexibility index (Phi) is 8.44. The summed E-state index contributed by atoms with van der Waals surface area (Å²) in [6.45, 7) is 4.14. The van der Waals surface area contributed by atoms with Gasteiger partial charge in [0.25, 0.3) is 5.91 Å². The SMILES string of the molecule is CCn1c(SCC(=O)Nc2c(F)cc(F)cc2Br)nnc1[C@@H](C)NC(=O)c1ccccc1Cl. The van der Waals surface area contributed by atoms with Crippen LogP contribution in [-0.2, 0) is 11.3 Å². The van der Waals surface area contributed by atoms with Gasteiger partial charge in [0.1, 0.15) is 5.82 Å². The number of hydrogen-bond donors (Lipinski definition) is 2. The van der Waals surface area contributed by atoms with Crippen molar-refractivity contribution in [2.24, 2.45) is 0 Å². The molecule has 1 atom stereocenters. The smallest absolute Gasteiger partial charge is 0.253 e. The minimum absolute atomic E-state index is 0.0816. The van der Waals surface area contributed by atoms with Crippen LogP contribution in [0.4, 0.5) is 14.5 Å². The molecule has 2 N–H and O–H groups in total. The quantitative estimate of drug-likeness (QED) is 0.371. The highest BCUT2D eigenvalue weighted by molar-refractivity contribution is 9.10. The van der Waals surface area contributed by atoms with E-state index in [2.05, 4.69) is 36.8 Å². The Morgan fingerprint density at radius 3 is 2.64 bits per heavy atom. The van der Waals surface area contributed by atoms with Crippen LogP contribution in [0.15, 0.2) is 46.0 Å². The Hall–Kier alpha value is -2.50. The van der Waals surface area contributed by atoms with Gasteiger partial charge in [-0.15, -0.1) is 10.2 Å². The zero-order valence-electron chi connectivity index (χ0n) is 17.5. The molecule has 7 nitrogen and oxygen atoms in total. The number of benzene rings is 2. The molecule has 0 saturated carbocycles. The van der Waals surface area contributed by atoms with Crippen LogP contribution in [0.2, 0.25) is 5.02 Å². The van der Waals surface area contributed by atoms with E-state index in [9.17, 15) is 18.4 Å². The predicted molar refractivity (Wildman–Crippen MR) is 126 cm³/mol. The molecule has 12 heteroatoms. The Bertz CT molecular complexity index is 1170. The average molecular weight is 559 g/mol. The molecular weight excluding hydrogens is 540 g/mol. The van der Waals surface area contributed by atoms with E-state index < -0.39 is 23.6 Å². The molecule has 0 fully saturated rings. The van der Waals surface area contributed by atoms with Crippen LogP contribution in [0.1, 0.15) is 36.1 Å². The fraction of sp³-hybridized carbons (Fsp3) is 0.238. The molecule has 0 bridgehead atoms. The normalized spacial score (nSPS) is 11.8. The van der Waals surface area contributed by atoms with Crippen molar-refractivity contribution in [1.82, 2.24) is 20.1 Å². The highest BCUT2D eigenvalue weighted by Gasteiger charge is 2.21. The molecule has 0 aliphatic carbocycles. The van der Waals surface area contributed by atoms with Crippen LogP contribution >= 0.6 is 39.3 Å². The summed E-state index contributed by atoms with van der Waals surface area (Å²) in [5, 5.41) is 14.3. The highest BCUT2D eigenvalue weighted by Crippen LogP contribution is 2.28. The van der Waals surface area contributed by atoms with Gasteiger partial charge in [0.05, 0.1) is 28.1 Å². The maximum atomic E-state index is 13.9. The number of aromatic nitrogens is 3. The minimum atomic E-state index is -0.887. The molecule has 0 aliphatic rings. The van der Waals surface area contributed by atoms with Crippen molar-refractivity contribution in [3.8, 4) is 0 Å². The lowest BCUT2D eigenvalue weighted by Crippen LogP contribution is -2.29. The van der Waals surface area contributed by atoms with Crippen LogP contribution in [0, 0.1) is 11.6 Å². The molecule has 3 rings (SSSR count). The first-order chi connectivity index (χ1) is 15.7. The van der Waals surface area contributed by atoms with E-state index in [0.717, 1.165) is 17.8 Å². The number of rotatable bonds is 8. The molecule has 0 spiro atoms. The number of nitrogens with one attached hydrogen (secondary N) is 2. The number of halogens is 4. The fourth-order valence-corrected chi connectivity index (χ4v) is 4.51. The second-order valence-electron chi connectivity index (χ2n) is 6.84. The van der Waals surface area contributed by atoms with E-state index in [1.165, 1.54) is 0 Å². The highest BCUT2D eigenvalue weighted by atomic mass is 79.9. The first kappa shape index (κ1) is 25.1. The Balaban J connectivity index is 1.66. The largest absolute Gasteiger partial charge is 0.342 e. The van der Waals surface area contributed by atoms with Gasteiger partial charge in [-0.2, -0.15) is 0 Å². The number of nitrogens with zero attached hydrogens (tertiary/aromatic N) is 3. The first-order valence-corrected chi connectivity index (χ1v) is 11.9. The topological polar surface area (TPSA) is 88.9 Å². The molecule has 1 heterocycles. The van der Waals surface area contributed by atoms with E-state index >= 15 is 0 Å². The number of thioether (sulfide) groups is 1. The molecular formula is C21H19BrClF2N5O2S. The van der Waals surface area contributed by atoms with Gasteiger partial charge in [-0.1, -0.05) is 35.5 Å². The van der Waals surface area contributed by atoms with Crippen LogP contribution in [0.5, 0.6) is 0 Å². The van der Waals surface area contributed by atoms with E-state index in [-0.39, 0.29) is 21.8 Å². The molecule has 3 aromatic rings. The van der Waals surface area contributed by atoms with Gasteiger partial charge in [0, 0.05) is 17.1 Å². The molecule has 1 aromatic heterocycles. The molecule has 2 amide bonds. The van der Waals surface area contributed by atoms with Crippen LogP contribution < -0.4 is 10.6 Å². The first-order valence-electron chi connectivity index (χ1n) is 9.77. The molecule has 33 heavy (non-hydrogen) atoms. The summed E-state index contributed by atoms with van der Waals surface area (Å²) in [5.74, 6) is -2.07. The lowest BCUT2D eigenvalue weighted by atomic mass is 10.2. The van der Waals surface area contributed by atoms with Crippen LogP contribution in [-0.4, -0.2) is 32.3 Å². The number of anilines is 1. The average Bonchev–Trinajstić information content (AvgIpc) is 3.18. The van der Waals surface area contributed by atoms with Gasteiger partial charge in [0.2, 0.25) is 5.91 Å². The van der Waals surface area contributed by atoms with E-state index in [0.29, 0.717) is 34.2 Å². The van der Waals surface area contributed by atoms with Crippen molar-refractivity contribution in [3.05, 3.63) is 68.9 Å². The lowest BCUT2D eigenvalue weighted by molar-refractivity contribution is -0.113. The van der Waals surface area contributed by atoms with Crippen molar-refractivity contribution in [1.29, 1.82) is 0 Å². The molecule has 0 unspecified atom stereocenters. The molecule has 0 radical (unpaired) electrons. The van der Waals surface area contributed by atoms with Gasteiger partial charge in [0.15, 0.2) is 16.8 Å². The summed E-state index contributed by atoms with van der Waals surface area (Å²) in [4.78, 5) is 24.9. The maximum Gasteiger partial charge on any atom is 0.253 e. The summed E-state index contributed by atoms with van der Waals surface area (Å²) in [6.07, 6.45) is 0. The van der Waals surface area contributed by atoms with E-state index in [1.807, 2.05) is 6.92 Å². The van der Waals surface area contributed by atoms with Gasteiger partial charge in [-0.05, 0) is 48.0 Å². The zero-order chi connectivity index (χ0) is 24.1. The number of hydrogen-bond acceptors (Lipinski definition) is 5. The van der Waals surface area contributed by atoms with Gasteiger partial charge < -0.3 is 15.2 Å². The maximum absolute atomic E-state index is 13.9. The summed E-state index contributed by atoms with van der Waals surface area (Å²) in [6, 6.07) is 7.97. The minimum Gasteiger partial charge on any atom is -0.342 e. The Morgan fingerprint density at radius 1 is 1.24 bits per heavy atom. The molecule has 0 saturated heterocycles. The van der Waals surface area contributed by atoms with Crippen molar-refractivity contribution in [2.45, 2.75) is 31.6 Å². The summed E-state index contributed by atoms with van der Waals surface area (Å²) in [7, 11) is 0. The molecule has 0 aliphatic heterocycles.